The predicted octanol–water partition coefficient (Wildman–Crippen LogP) is 2.93. The fourth-order valence-electron chi connectivity index (χ4n) is 0.925. The molecule has 0 aromatic rings. The molecule has 2 radical (unpaired) electrons. The first-order valence-corrected chi connectivity index (χ1v) is 5.83. The van der Waals surface area contributed by atoms with Crippen molar-refractivity contribution in [3.05, 3.63) is 0 Å². The average molecular weight is 183 g/mol. The van der Waals surface area contributed by atoms with Crippen molar-refractivity contribution >= 4 is 18.6 Å². The fourth-order valence-corrected chi connectivity index (χ4v) is 1.53. The van der Waals surface area contributed by atoms with Crippen molar-refractivity contribution in [3.63, 3.8) is 0 Å². The topological polar surface area (TPSA) is 0 Å². The number of rotatable bonds is 6. The van der Waals surface area contributed by atoms with E-state index in [1.165, 1.54) is 43.5 Å². The van der Waals surface area contributed by atoms with Gasteiger partial charge in [-0.2, -0.15) is 0 Å². The summed E-state index contributed by atoms with van der Waals surface area (Å²) in [6.45, 7) is 2.27. The molecule has 0 unspecified atom stereocenters. The normalized spacial score (nSPS) is 9.89. The quantitative estimate of drug-likeness (QED) is 0.438. The molecule has 0 saturated heterocycles. The van der Waals surface area contributed by atoms with Gasteiger partial charge in [-0.3, -0.25) is 0 Å². The van der Waals surface area contributed by atoms with Crippen LogP contribution in [-0.4, -0.2) is 18.6 Å². The van der Waals surface area contributed by atoms with Crippen molar-refractivity contribution < 1.29 is 0 Å². The van der Waals surface area contributed by atoms with Gasteiger partial charge in [-0.1, -0.05) is 0 Å². The fraction of sp³-hybridized carbons (Fsp3) is 1.00. The van der Waals surface area contributed by atoms with Crippen molar-refractivity contribution in [2.75, 3.05) is 0 Å². The van der Waals surface area contributed by atoms with Crippen LogP contribution in [0.3, 0.4) is 0 Å². The summed E-state index contributed by atoms with van der Waals surface area (Å²) < 4.78 is 0. The molecular weight excluding hydrogens is 166 g/mol. The van der Waals surface area contributed by atoms with Gasteiger partial charge in [-0.15, -0.1) is 0 Å². The Morgan fingerprint density at radius 3 is 2.00 bits per heavy atom. The molecule has 0 aliphatic carbocycles. The van der Waals surface area contributed by atoms with Crippen molar-refractivity contribution in [3.8, 4) is 0 Å². The summed E-state index contributed by atoms with van der Waals surface area (Å²) in [5.41, 5.74) is 0. The SMILES string of the molecule is CCCCCCC[CH2][Ga]. The van der Waals surface area contributed by atoms with Crippen molar-refractivity contribution in [2.45, 2.75) is 50.4 Å². The van der Waals surface area contributed by atoms with Crippen LogP contribution in [0.1, 0.15) is 45.4 Å². The molecule has 0 aliphatic heterocycles. The molecule has 0 heterocycles. The molecule has 0 atom stereocenters. The summed E-state index contributed by atoms with van der Waals surface area (Å²) in [7, 11) is 0. The Morgan fingerprint density at radius 2 is 1.44 bits per heavy atom. The monoisotopic (exact) mass is 182 g/mol. The zero-order valence-corrected chi connectivity index (χ0v) is 8.95. The Labute approximate surface area is 69.3 Å². The van der Waals surface area contributed by atoms with Gasteiger partial charge in [0.15, 0.2) is 0 Å². The maximum atomic E-state index is 2.27. The summed E-state index contributed by atoms with van der Waals surface area (Å²) in [6, 6.07) is 0. The molecule has 9 heavy (non-hydrogen) atoms. The third-order valence-electron chi connectivity index (χ3n) is 1.56. The van der Waals surface area contributed by atoms with Crippen LogP contribution in [0.15, 0.2) is 0 Å². The maximum absolute atomic E-state index is 2.27. The van der Waals surface area contributed by atoms with Crippen LogP contribution in [-0.2, 0) is 0 Å². The molecule has 0 N–H and O–H groups in total. The van der Waals surface area contributed by atoms with Crippen LogP contribution < -0.4 is 0 Å². The van der Waals surface area contributed by atoms with Gasteiger partial charge in [0.25, 0.3) is 0 Å². The van der Waals surface area contributed by atoms with Gasteiger partial charge < -0.3 is 0 Å². The molecular formula is C8H17Ga. The van der Waals surface area contributed by atoms with Gasteiger partial charge >= 0.3 is 69.0 Å². The Bertz CT molecular complexity index is 37.8. The van der Waals surface area contributed by atoms with E-state index in [1.807, 2.05) is 18.6 Å². The third-order valence-corrected chi connectivity index (χ3v) is 2.41. The van der Waals surface area contributed by atoms with Crippen LogP contribution in [0.5, 0.6) is 0 Å². The molecule has 0 spiro atoms. The van der Waals surface area contributed by atoms with Gasteiger partial charge in [-0.25, -0.2) is 0 Å². The Kier molecular flexibility index (Phi) is 9.25. The van der Waals surface area contributed by atoms with Crippen molar-refractivity contribution in [1.82, 2.24) is 0 Å². The zero-order valence-electron chi connectivity index (χ0n) is 6.53. The molecule has 0 aliphatic rings. The van der Waals surface area contributed by atoms with E-state index in [0.717, 1.165) is 0 Å². The molecule has 0 rings (SSSR count). The molecule has 0 aromatic heterocycles. The summed E-state index contributed by atoms with van der Waals surface area (Å²) in [4.78, 5) is 1.43. The van der Waals surface area contributed by atoms with Gasteiger partial charge in [0, 0.05) is 0 Å². The van der Waals surface area contributed by atoms with Gasteiger partial charge in [-0.05, 0) is 0 Å². The first-order chi connectivity index (χ1) is 4.41. The first kappa shape index (κ1) is 9.64. The van der Waals surface area contributed by atoms with Crippen LogP contribution in [0.4, 0.5) is 0 Å². The van der Waals surface area contributed by atoms with E-state index in [1.54, 1.807) is 0 Å². The first-order valence-electron chi connectivity index (χ1n) is 4.12. The van der Waals surface area contributed by atoms with E-state index in [9.17, 15) is 0 Å². The standard InChI is InChI=1S/C8H17.Ga/c1-3-5-7-8-6-4-2;/h1,3-8H2,2H3;. The number of unbranched alkanes of at least 4 members (excludes halogenated alkanes) is 5. The molecule has 0 bridgehead atoms. The van der Waals surface area contributed by atoms with Crippen molar-refractivity contribution in [2.24, 2.45) is 0 Å². The molecule has 0 amide bonds. The summed E-state index contributed by atoms with van der Waals surface area (Å²) in [5, 5.41) is 0. The summed E-state index contributed by atoms with van der Waals surface area (Å²) in [5.74, 6) is 0. The Hall–Kier alpha value is 0.636. The molecule has 0 nitrogen and oxygen atoms in total. The van der Waals surface area contributed by atoms with E-state index in [-0.39, 0.29) is 0 Å². The van der Waals surface area contributed by atoms with Crippen LogP contribution >= 0.6 is 0 Å². The second-order valence-electron chi connectivity index (χ2n) is 2.56. The second kappa shape index (κ2) is 8.64. The summed E-state index contributed by atoms with van der Waals surface area (Å²) >= 11 is 1.88. The van der Waals surface area contributed by atoms with Gasteiger partial charge in [0.2, 0.25) is 0 Å². The Morgan fingerprint density at radius 1 is 0.889 bits per heavy atom. The minimum atomic E-state index is 1.37. The molecule has 0 aromatic carbocycles. The summed E-state index contributed by atoms with van der Waals surface area (Å²) in [6.07, 6.45) is 8.67. The molecule has 0 saturated carbocycles. The van der Waals surface area contributed by atoms with E-state index < -0.39 is 0 Å². The van der Waals surface area contributed by atoms with Crippen LogP contribution in [0.25, 0.3) is 0 Å². The average Bonchev–Trinajstić information content (AvgIpc) is 1.89. The predicted molar refractivity (Wildman–Crippen MR) is 43.9 cm³/mol. The van der Waals surface area contributed by atoms with Gasteiger partial charge in [0.05, 0.1) is 0 Å². The second-order valence-corrected chi connectivity index (χ2v) is 3.77. The van der Waals surface area contributed by atoms with Crippen molar-refractivity contribution in [1.29, 1.82) is 0 Å². The zero-order chi connectivity index (χ0) is 6.95. The van der Waals surface area contributed by atoms with E-state index in [2.05, 4.69) is 6.92 Å². The van der Waals surface area contributed by atoms with Gasteiger partial charge in [0.1, 0.15) is 0 Å². The molecule has 0 fully saturated rings. The minimum absolute atomic E-state index is 1.37. The van der Waals surface area contributed by atoms with Crippen LogP contribution in [0.2, 0.25) is 4.98 Å². The number of hydrogen-bond acceptors (Lipinski definition) is 0. The van der Waals surface area contributed by atoms with E-state index in [4.69, 9.17) is 0 Å². The van der Waals surface area contributed by atoms with E-state index in [0.29, 0.717) is 0 Å². The van der Waals surface area contributed by atoms with E-state index >= 15 is 0 Å². The number of hydrogen-bond donors (Lipinski definition) is 0. The molecule has 1 heteroatoms. The third kappa shape index (κ3) is 8.64. The van der Waals surface area contributed by atoms with Crippen LogP contribution in [0, 0.1) is 0 Å². The molecule has 52 valence electrons. The Balaban J connectivity index is 2.60.